The van der Waals surface area contributed by atoms with Crippen LogP contribution in [0, 0.1) is 0 Å². The Morgan fingerprint density at radius 2 is 1.32 bits per heavy atom. The first-order valence-corrected chi connectivity index (χ1v) is 10.9. The Hall–Kier alpha value is -2.41. The molecule has 1 heterocycles. The molecule has 0 unspecified atom stereocenters. The Balaban J connectivity index is 1.75. The van der Waals surface area contributed by atoms with E-state index in [9.17, 15) is 0 Å². The number of nitrogens with zero attached hydrogens (tertiary/aromatic N) is 1. The van der Waals surface area contributed by atoms with Gasteiger partial charge in [-0.15, -0.1) is 0 Å². The first kappa shape index (κ1) is 20.3. The van der Waals surface area contributed by atoms with Crippen molar-refractivity contribution in [2.24, 2.45) is 0 Å². The van der Waals surface area contributed by atoms with Crippen LogP contribution in [0.15, 0.2) is 72.9 Å². The maximum atomic E-state index is 4.69. The van der Waals surface area contributed by atoms with E-state index in [1.54, 1.807) is 0 Å². The van der Waals surface area contributed by atoms with Gasteiger partial charge in [0.2, 0.25) is 0 Å². The summed E-state index contributed by atoms with van der Waals surface area (Å²) in [6.07, 6.45) is 13.2. The topological polar surface area (TPSA) is 12.9 Å². The molecule has 0 aliphatic heterocycles. The summed E-state index contributed by atoms with van der Waals surface area (Å²) in [5.41, 5.74) is 6.77. The Bertz CT molecular complexity index is 808. The van der Waals surface area contributed by atoms with E-state index < -0.39 is 0 Å². The summed E-state index contributed by atoms with van der Waals surface area (Å²) in [5.74, 6) is 0. The molecule has 3 aromatic rings. The van der Waals surface area contributed by atoms with Crippen molar-refractivity contribution in [2.75, 3.05) is 0 Å². The molecule has 1 aromatic heterocycles. The number of aryl methyl sites for hydroxylation is 3. The standard InChI is InChI=1S/C27H33N/c1-2-3-4-5-6-10-16-24-17-13-18-25(21-20-23-14-8-7-9-15-23)27(24)26-19-11-12-22-28-26/h7-9,11-15,17-19,22H,2-6,10,16,20-21H2,1H3. The first-order valence-electron chi connectivity index (χ1n) is 10.9. The van der Waals surface area contributed by atoms with Crippen molar-refractivity contribution in [1.82, 2.24) is 4.98 Å². The third kappa shape index (κ3) is 6.05. The fraction of sp³-hybridized carbons (Fsp3) is 0.370. The van der Waals surface area contributed by atoms with Gasteiger partial charge >= 0.3 is 0 Å². The SMILES string of the molecule is CCCCCCCCc1cccc(CCc2ccccc2)c1-c1ccccn1. The molecular formula is C27H33N. The fourth-order valence-electron chi connectivity index (χ4n) is 3.93. The molecule has 0 aliphatic rings. The molecular weight excluding hydrogens is 338 g/mol. The molecule has 0 spiro atoms. The molecule has 0 N–H and O–H groups in total. The van der Waals surface area contributed by atoms with Gasteiger partial charge in [0.1, 0.15) is 0 Å². The predicted molar refractivity (Wildman–Crippen MR) is 121 cm³/mol. The zero-order valence-electron chi connectivity index (χ0n) is 17.2. The molecule has 146 valence electrons. The van der Waals surface area contributed by atoms with Crippen LogP contribution in [0.4, 0.5) is 0 Å². The highest BCUT2D eigenvalue weighted by molar-refractivity contribution is 5.68. The average molecular weight is 372 g/mol. The second-order valence-corrected chi connectivity index (χ2v) is 7.67. The van der Waals surface area contributed by atoms with Crippen LogP contribution in [0.3, 0.4) is 0 Å². The molecule has 0 saturated heterocycles. The maximum Gasteiger partial charge on any atom is 0.0707 e. The van der Waals surface area contributed by atoms with Crippen LogP contribution in [-0.2, 0) is 19.3 Å². The van der Waals surface area contributed by atoms with Gasteiger partial charge in [-0.3, -0.25) is 4.98 Å². The second-order valence-electron chi connectivity index (χ2n) is 7.67. The minimum absolute atomic E-state index is 1.06. The number of pyridine rings is 1. The van der Waals surface area contributed by atoms with Crippen molar-refractivity contribution in [2.45, 2.75) is 64.7 Å². The van der Waals surface area contributed by atoms with Crippen molar-refractivity contribution >= 4 is 0 Å². The van der Waals surface area contributed by atoms with E-state index in [2.05, 4.69) is 67.6 Å². The van der Waals surface area contributed by atoms with E-state index in [4.69, 9.17) is 4.98 Å². The number of hydrogen-bond acceptors (Lipinski definition) is 1. The summed E-state index contributed by atoms with van der Waals surface area (Å²) in [5, 5.41) is 0. The lowest BCUT2D eigenvalue weighted by Crippen LogP contribution is -2.00. The summed E-state index contributed by atoms with van der Waals surface area (Å²) in [6.45, 7) is 2.28. The van der Waals surface area contributed by atoms with Crippen LogP contribution < -0.4 is 0 Å². The normalized spacial score (nSPS) is 10.9. The Kier molecular flexibility index (Phi) is 8.30. The van der Waals surface area contributed by atoms with Crippen LogP contribution in [0.2, 0.25) is 0 Å². The van der Waals surface area contributed by atoms with Gasteiger partial charge < -0.3 is 0 Å². The Labute approximate surface area is 170 Å². The van der Waals surface area contributed by atoms with E-state index in [1.165, 1.54) is 60.8 Å². The van der Waals surface area contributed by atoms with Crippen LogP contribution in [0.1, 0.15) is 62.1 Å². The van der Waals surface area contributed by atoms with Crippen molar-refractivity contribution < 1.29 is 0 Å². The van der Waals surface area contributed by atoms with Crippen molar-refractivity contribution in [3.05, 3.63) is 89.6 Å². The summed E-state index contributed by atoms with van der Waals surface area (Å²) in [7, 11) is 0. The third-order valence-electron chi connectivity index (χ3n) is 5.48. The number of unbranched alkanes of at least 4 members (excludes halogenated alkanes) is 5. The molecule has 1 nitrogen and oxygen atoms in total. The van der Waals surface area contributed by atoms with Crippen LogP contribution in [-0.4, -0.2) is 4.98 Å². The molecule has 1 heteroatoms. The molecule has 0 amide bonds. The maximum absolute atomic E-state index is 4.69. The first-order chi connectivity index (χ1) is 13.9. The van der Waals surface area contributed by atoms with Gasteiger partial charge in [0, 0.05) is 11.8 Å². The monoisotopic (exact) mass is 371 g/mol. The van der Waals surface area contributed by atoms with Crippen molar-refractivity contribution in [3.63, 3.8) is 0 Å². The average Bonchev–Trinajstić information content (AvgIpc) is 2.76. The molecule has 0 aliphatic carbocycles. The number of benzene rings is 2. The van der Waals surface area contributed by atoms with E-state index in [0.717, 1.165) is 25.0 Å². The number of rotatable bonds is 11. The van der Waals surface area contributed by atoms with Gasteiger partial charge in [0.25, 0.3) is 0 Å². The van der Waals surface area contributed by atoms with E-state index in [0.29, 0.717) is 0 Å². The van der Waals surface area contributed by atoms with Crippen molar-refractivity contribution in [1.29, 1.82) is 0 Å². The predicted octanol–water partition coefficient (Wildman–Crippen LogP) is 7.44. The smallest absolute Gasteiger partial charge is 0.0707 e. The van der Waals surface area contributed by atoms with Gasteiger partial charge in [-0.25, -0.2) is 0 Å². The molecule has 3 rings (SSSR count). The van der Waals surface area contributed by atoms with Crippen LogP contribution in [0.5, 0.6) is 0 Å². The van der Waals surface area contributed by atoms with Crippen molar-refractivity contribution in [3.8, 4) is 11.3 Å². The van der Waals surface area contributed by atoms with Crippen LogP contribution >= 0.6 is 0 Å². The molecule has 2 aromatic carbocycles. The Morgan fingerprint density at radius 1 is 0.607 bits per heavy atom. The van der Waals surface area contributed by atoms with Gasteiger partial charge in [0.15, 0.2) is 0 Å². The largest absolute Gasteiger partial charge is 0.256 e. The number of hydrogen-bond donors (Lipinski definition) is 0. The third-order valence-corrected chi connectivity index (χ3v) is 5.48. The summed E-state index contributed by atoms with van der Waals surface area (Å²) in [4.78, 5) is 4.69. The lowest BCUT2D eigenvalue weighted by Gasteiger charge is -2.15. The lowest BCUT2D eigenvalue weighted by molar-refractivity contribution is 0.607. The molecule has 0 atom stereocenters. The minimum atomic E-state index is 1.06. The summed E-state index contributed by atoms with van der Waals surface area (Å²) < 4.78 is 0. The summed E-state index contributed by atoms with van der Waals surface area (Å²) >= 11 is 0. The van der Waals surface area contributed by atoms with E-state index >= 15 is 0 Å². The molecule has 28 heavy (non-hydrogen) atoms. The Morgan fingerprint density at radius 3 is 2.07 bits per heavy atom. The highest BCUT2D eigenvalue weighted by atomic mass is 14.7. The lowest BCUT2D eigenvalue weighted by atomic mass is 9.91. The quantitative estimate of drug-likeness (QED) is 0.319. The molecule has 0 saturated carbocycles. The second kappa shape index (κ2) is 11.4. The highest BCUT2D eigenvalue weighted by Gasteiger charge is 2.12. The van der Waals surface area contributed by atoms with Gasteiger partial charge in [-0.1, -0.05) is 93.6 Å². The van der Waals surface area contributed by atoms with Gasteiger partial charge in [-0.2, -0.15) is 0 Å². The fourth-order valence-corrected chi connectivity index (χ4v) is 3.93. The zero-order valence-corrected chi connectivity index (χ0v) is 17.2. The van der Waals surface area contributed by atoms with E-state index in [-0.39, 0.29) is 0 Å². The molecule has 0 radical (unpaired) electrons. The van der Waals surface area contributed by atoms with Gasteiger partial charge in [0.05, 0.1) is 5.69 Å². The summed E-state index contributed by atoms with van der Waals surface area (Å²) in [6, 6.07) is 23.9. The minimum Gasteiger partial charge on any atom is -0.256 e. The molecule has 0 fully saturated rings. The van der Waals surface area contributed by atoms with Crippen LogP contribution in [0.25, 0.3) is 11.3 Å². The number of aromatic nitrogens is 1. The van der Waals surface area contributed by atoms with E-state index in [1.807, 2.05) is 12.3 Å². The molecule has 0 bridgehead atoms. The highest BCUT2D eigenvalue weighted by Crippen LogP contribution is 2.29. The zero-order chi connectivity index (χ0) is 19.4. The van der Waals surface area contributed by atoms with Gasteiger partial charge in [-0.05, 0) is 54.5 Å².